The minimum absolute atomic E-state index is 0.0268. The number of hydrogen-bond donors (Lipinski definition) is 1. The van der Waals surface area contributed by atoms with E-state index in [2.05, 4.69) is 22.1 Å². The van der Waals surface area contributed by atoms with Gasteiger partial charge in [-0.15, -0.1) is 0 Å². The number of ether oxygens (including phenoxy) is 1. The number of hydrogen-bond acceptors (Lipinski definition) is 4. The van der Waals surface area contributed by atoms with Crippen LogP contribution < -0.4 is 15.0 Å². The minimum Gasteiger partial charge on any atom is -0.484 e. The molecule has 1 aliphatic rings. The van der Waals surface area contributed by atoms with Crippen molar-refractivity contribution in [1.29, 1.82) is 0 Å². The Bertz CT molecular complexity index is 690. The molecule has 26 heavy (non-hydrogen) atoms. The molecule has 1 aromatic carbocycles. The van der Waals surface area contributed by atoms with Crippen LogP contribution in [0.2, 0.25) is 0 Å². The summed E-state index contributed by atoms with van der Waals surface area (Å²) in [6.45, 7) is 4.24. The number of nitrogens with zero attached hydrogens (tertiary/aromatic N) is 2. The van der Waals surface area contributed by atoms with Crippen molar-refractivity contribution in [2.24, 2.45) is 0 Å². The van der Waals surface area contributed by atoms with Gasteiger partial charge < -0.3 is 15.0 Å². The minimum atomic E-state index is -0.209. The number of benzene rings is 1. The number of carbonyl (C=O) groups excluding carboxylic acids is 1. The highest BCUT2D eigenvalue weighted by Gasteiger charge is 2.11. The molecule has 2 heterocycles. The fourth-order valence-corrected chi connectivity index (χ4v) is 3.13. The molecule has 0 bridgehead atoms. The fraction of sp³-hybridized carbons (Fsp3) is 0.429. The molecular formula is C21H27N3O2. The largest absolute Gasteiger partial charge is 0.484 e. The monoisotopic (exact) mass is 353 g/mol. The van der Waals surface area contributed by atoms with E-state index in [1.807, 2.05) is 42.6 Å². The molecule has 5 nitrogen and oxygen atoms in total. The zero-order valence-corrected chi connectivity index (χ0v) is 15.4. The van der Waals surface area contributed by atoms with E-state index >= 15 is 0 Å². The highest BCUT2D eigenvalue weighted by molar-refractivity contribution is 5.91. The van der Waals surface area contributed by atoms with Crippen LogP contribution in [0.1, 0.15) is 38.2 Å². The van der Waals surface area contributed by atoms with Gasteiger partial charge in [-0.1, -0.05) is 31.9 Å². The summed E-state index contributed by atoms with van der Waals surface area (Å²) in [5, 5.41) is 2.78. The van der Waals surface area contributed by atoms with Gasteiger partial charge in [0.05, 0.1) is 11.9 Å². The van der Waals surface area contributed by atoms with Crippen LogP contribution in [0.4, 0.5) is 11.5 Å². The number of anilines is 2. The standard InChI is InChI=1S/C21H27N3O2/c1-2-17-7-10-19(11-8-17)26-16-21(25)23-20-12-9-18(15-22-20)24-13-5-3-4-6-14-24/h7-12,15H,2-6,13-14,16H2,1H3,(H,22,23,25). The second-order valence-electron chi connectivity index (χ2n) is 6.64. The van der Waals surface area contributed by atoms with Crippen LogP contribution in [0, 0.1) is 0 Å². The molecule has 1 N–H and O–H groups in total. The van der Waals surface area contributed by atoms with E-state index in [1.54, 1.807) is 0 Å². The highest BCUT2D eigenvalue weighted by atomic mass is 16.5. The molecule has 1 amide bonds. The van der Waals surface area contributed by atoms with Crippen molar-refractivity contribution in [2.45, 2.75) is 39.0 Å². The van der Waals surface area contributed by atoms with E-state index < -0.39 is 0 Å². The van der Waals surface area contributed by atoms with E-state index in [0.717, 1.165) is 25.2 Å². The molecule has 0 spiro atoms. The summed E-state index contributed by atoms with van der Waals surface area (Å²) < 4.78 is 5.52. The SMILES string of the molecule is CCc1ccc(OCC(=O)Nc2ccc(N3CCCCCC3)cn2)cc1. The maximum Gasteiger partial charge on any atom is 0.263 e. The van der Waals surface area contributed by atoms with E-state index in [1.165, 1.54) is 31.2 Å². The Morgan fingerprint density at radius 1 is 1.08 bits per heavy atom. The lowest BCUT2D eigenvalue weighted by molar-refractivity contribution is -0.118. The molecule has 3 rings (SSSR count). The van der Waals surface area contributed by atoms with Crippen molar-refractivity contribution in [3.8, 4) is 5.75 Å². The van der Waals surface area contributed by atoms with Gasteiger partial charge in [-0.25, -0.2) is 4.98 Å². The van der Waals surface area contributed by atoms with Gasteiger partial charge >= 0.3 is 0 Å². The molecular weight excluding hydrogens is 326 g/mol. The number of aromatic nitrogens is 1. The molecule has 138 valence electrons. The maximum atomic E-state index is 12.1. The molecule has 1 aliphatic heterocycles. The van der Waals surface area contributed by atoms with Crippen LogP contribution in [-0.4, -0.2) is 30.6 Å². The molecule has 0 radical (unpaired) electrons. The first-order chi connectivity index (χ1) is 12.7. The number of amides is 1. The molecule has 1 fully saturated rings. The average molecular weight is 353 g/mol. The van der Waals surface area contributed by atoms with Crippen molar-refractivity contribution in [1.82, 2.24) is 4.98 Å². The van der Waals surface area contributed by atoms with Gasteiger partial charge in [0.1, 0.15) is 11.6 Å². The van der Waals surface area contributed by atoms with Gasteiger partial charge in [0.25, 0.3) is 5.91 Å². The Morgan fingerprint density at radius 3 is 2.42 bits per heavy atom. The zero-order valence-electron chi connectivity index (χ0n) is 15.4. The molecule has 0 aliphatic carbocycles. The molecule has 2 aromatic rings. The number of aryl methyl sites for hydroxylation is 1. The molecule has 0 atom stereocenters. The predicted molar refractivity (Wildman–Crippen MR) is 105 cm³/mol. The van der Waals surface area contributed by atoms with Crippen molar-refractivity contribution < 1.29 is 9.53 Å². The number of carbonyl (C=O) groups is 1. The van der Waals surface area contributed by atoms with Gasteiger partial charge in [0, 0.05) is 13.1 Å². The molecule has 1 aromatic heterocycles. The Balaban J connectivity index is 1.49. The van der Waals surface area contributed by atoms with Crippen LogP contribution >= 0.6 is 0 Å². The average Bonchev–Trinajstić information content (AvgIpc) is 2.97. The van der Waals surface area contributed by atoms with E-state index in [-0.39, 0.29) is 12.5 Å². The lowest BCUT2D eigenvalue weighted by Crippen LogP contribution is -2.24. The van der Waals surface area contributed by atoms with Crippen LogP contribution in [0.15, 0.2) is 42.6 Å². The van der Waals surface area contributed by atoms with Gasteiger partial charge in [0.15, 0.2) is 6.61 Å². The summed E-state index contributed by atoms with van der Waals surface area (Å²) in [7, 11) is 0. The normalized spacial score (nSPS) is 14.6. The van der Waals surface area contributed by atoms with Crippen LogP contribution in [0.3, 0.4) is 0 Å². The zero-order chi connectivity index (χ0) is 18.2. The van der Waals surface area contributed by atoms with Crippen molar-refractivity contribution >= 4 is 17.4 Å². The summed E-state index contributed by atoms with van der Waals surface area (Å²) in [6, 6.07) is 11.7. The number of rotatable bonds is 6. The van der Waals surface area contributed by atoms with Crippen molar-refractivity contribution in [2.75, 3.05) is 29.9 Å². The highest BCUT2D eigenvalue weighted by Crippen LogP contribution is 2.20. The Kier molecular flexibility index (Phi) is 6.47. The fourth-order valence-electron chi connectivity index (χ4n) is 3.13. The predicted octanol–water partition coefficient (Wildman–Crippen LogP) is 4.04. The maximum absolute atomic E-state index is 12.1. The third kappa shape index (κ3) is 5.22. The Labute approximate surface area is 155 Å². The molecule has 0 unspecified atom stereocenters. The first-order valence-corrected chi connectivity index (χ1v) is 9.47. The summed E-state index contributed by atoms with van der Waals surface area (Å²) in [4.78, 5) is 18.8. The quantitative estimate of drug-likeness (QED) is 0.851. The molecule has 5 heteroatoms. The summed E-state index contributed by atoms with van der Waals surface area (Å²) in [6.07, 6.45) is 7.90. The molecule has 0 saturated carbocycles. The smallest absolute Gasteiger partial charge is 0.263 e. The third-order valence-electron chi connectivity index (χ3n) is 4.69. The third-order valence-corrected chi connectivity index (χ3v) is 4.69. The summed E-state index contributed by atoms with van der Waals surface area (Å²) in [5.74, 6) is 1.04. The second-order valence-corrected chi connectivity index (χ2v) is 6.64. The Morgan fingerprint density at radius 2 is 1.81 bits per heavy atom. The topological polar surface area (TPSA) is 54.5 Å². The lowest BCUT2D eigenvalue weighted by Gasteiger charge is -2.22. The first-order valence-electron chi connectivity index (χ1n) is 9.47. The van der Waals surface area contributed by atoms with Gasteiger partial charge in [0.2, 0.25) is 0 Å². The number of nitrogens with one attached hydrogen (secondary N) is 1. The lowest BCUT2D eigenvalue weighted by atomic mass is 10.2. The first kappa shape index (κ1) is 18.2. The number of pyridine rings is 1. The summed E-state index contributed by atoms with van der Waals surface area (Å²) >= 11 is 0. The van der Waals surface area contributed by atoms with Crippen molar-refractivity contribution in [3.63, 3.8) is 0 Å². The van der Waals surface area contributed by atoms with Crippen LogP contribution in [0.5, 0.6) is 5.75 Å². The van der Waals surface area contributed by atoms with Crippen molar-refractivity contribution in [3.05, 3.63) is 48.2 Å². The van der Waals surface area contributed by atoms with E-state index in [9.17, 15) is 4.79 Å². The molecule has 1 saturated heterocycles. The van der Waals surface area contributed by atoms with E-state index in [4.69, 9.17) is 4.74 Å². The Hall–Kier alpha value is -2.56. The van der Waals surface area contributed by atoms with Gasteiger partial charge in [-0.3, -0.25) is 4.79 Å². The van der Waals surface area contributed by atoms with Gasteiger partial charge in [-0.05, 0) is 49.1 Å². The van der Waals surface area contributed by atoms with E-state index in [0.29, 0.717) is 11.6 Å². The second kappa shape index (κ2) is 9.22. The van der Waals surface area contributed by atoms with Crippen LogP contribution in [0.25, 0.3) is 0 Å². The summed E-state index contributed by atoms with van der Waals surface area (Å²) in [5.41, 5.74) is 2.37. The van der Waals surface area contributed by atoms with Gasteiger partial charge in [-0.2, -0.15) is 0 Å². The van der Waals surface area contributed by atoms with Crippen LogP contribution in [-0.2, 0) is 11.2 Å².